The van der Waals surface area contributed by atoms with Gasteiger partial charge in [0, 0.05) is 37.3 Å². The molecule has 7 nitrogen and oxygen atoms in total. The van der Waals surface area contributed by atoms with Gasteiger partial charge < -0.3 is 15.5 Å². The highest BCUT2D eigenvalue weighted by Gasteiger charge is 2.26. The molecule has 0 aliphatic heterocycles. The van der Waals surface area contributed by atoms with Crippen LogP contribution in [0, 0.1) is 30.6 Å². The molecule has 152 valence electrons. The Balaban J connectivity index is 1.67. The number of nitrogens with one attached hydrogen (secondary N) is 2. The molecule has 0 amide bonds. The average molecular weight is 400 g/mol. The van der Waals surface area contributed by atoms with Crippen LogP contribution in [0.4, 0.5) is 11.4 Å². The molecule has 2 aromatic heterocycles. The molecule has 0 spiro atoms. The van der Waals surface area contributed by atoms with Gasteiger partial charge >= 0.3 is 0 Å². The Morgan fingerprint density at radius 1 is 1.33 bits per heavy atom. The Bertz CT molecular complexity index is 1160. The number of hydrogen-bond acceptors (Lipinski definition) is 6. The summed E-state index contributed by atoms with van der Waals surface area (Å²) in [6.07, 6.45) is 9.24. The van der Waals surface area contributed by atoms with E-state index in [0.29, 0.717) is 5.56 Å². The van der Waals surface area contributed by atoms with Crippen LogP contribution in [-0.4, -0.2) is 21.0 Å². The van der Waals surface area contributed by atoms with Gasteiger partial charge in [-0.1, -0.05) is 0 Å². The summed E-state index contributed by atoms with van der Waals surface area (Å²) in [5, 5.41) is 24.6. The number of benzene rings is 1. The van der Waals surface area contributed by atoms with Crippen LogP contribution in [0.1, 0.15) is 52.5 Å². The van der Waals surface area contributed by atoms with Crippen molar-refractivity contribution in [3.63, 3.8) is 0 Å². The Morgan fingerprint density at radius 3 is 2.87 bits per heavy atom. The third kappa shape index (κ3) is 3.64. The molecule has 7 heteroatoms. The summed E-state index contributed by atoms with van der Waals surface area (Å²) in [5.74, 6) is 0.758. The summed E-state index contributed by atoms with van der Waals surface area (Å²) in [6.45, 7) is 3.97. The molecule has 0 bridgehead atoms. The number of anilines is 2. The standard InChI is InChI=1S/C23H24N6O/c1-14-7-16(9-24)20(28-18-12-27-29(3)13-18)8-22(14)30-21-6-4-5-19-15(2)17(10-25)11-26-23(19)21/h7-9,11-13,21,24,28H,4-6H2,1-3H3. The zero-order valence-electron chi connectivity index (χ0n) is 17.4. The molecular weight excluding hydrogens is 376 g/mol. The SMILES string of the molecule is Cc1cc(C=N)c(Nc2cnn(C)c2)cc1OC1CCCc2c1ncc(C#N)c2C. The number of rotatable bonds is 5. The third-order valence-corrected chi connectivity index (χ3v) is 5.57. The number of aromatic nitrogens is 3. The monoisotopic (exact) mass is 400 g/mol. The normalized spacial score (nSPS) is 15.2. The smallest absolute Gasteiger partial charge is 0.141 e. The first-order chi connectivity index (χ1) is 14.5. The first-order valence-corrected chi connectivity index (χ1v) is 9.96. The van der Waals surface area contributed by atoms with E-state index in [0.717, 1.165) is 64.3 Å². The van der Waals surface area contributed by atoms with Gasteiger partial charge in [0.2, 0.25) is 0 Å². The zero-order chi connectivity index (χ0) is 21.3. The predicted octanol–water partition coefficient (Wildman–Crippen LogP) is 4.50. The second kappa shape index (κ2) is 7.99. The fourth-order valence-corrected chi connectivity index (χ4v) is 3.94. The Hall–Kier alpha value is -3.66. The highest BCUT2D eigenvalue weighted by Crippen LogP contribution is 2.37. The van der Waals surface area contributed by atoms with Crippen molar-refractivity contribution in [3.05, 3.63) is 64.2 Å². The first kappa shape index (κ1) is 19.6. The number of nitriles is 1. The maximum absolute atomic E-state index is 9.31. The van der Waals surface area contributed by atoms with E-state index in [9.17, 15) is 5.26 Å². The molecule has 30 heavy (non-hydrogen) atoms. The van der Waals surface area contributed by atoms with Crippen molar-refractivity contribution in [2.45, 2.75) is 39.2 Å². The zero-order valence-corrected chi connectivity index (χ0v) is 17.4. The van der Waals surface area contributed by atoms with Gasteiger partial charge in [-0.15, -0.1) is 0 Å². The predicted molar refractivity (Wildman–Crippen MR) is 116 cm³/mol. The van der Waals surface area contributed by atoms with Crippen LogP contribution in [0.15, 0.2) is 30.7 Å². The Labute approximate surface area is 175 Å². The van der Waals surface area contributed by atoms with E-state index >= 15 is 0 Å². The molecule has 3 aromatic rings. The summed E-state index contributed by atoms with van der Waals surface area (Å²) in [6, 6.07) is 6.11. The highest BCUT2D eigenvalue weighted by atomic mass is 16.5. The van der Waals surface area contributed by atoms with Crippen LogP contribution < -0.4 is 10.1 Å². The van der Waals surface area contributed by atoms with Gasteiger partial charge in [0.05, 0.1) is 28.8 Å². The molecule has 2 N–H and O–H groups in total. The molecular formula is C23H24N6O. The van der Waals surface area contributed by atoms with E-state index in [1.165, 1.54) is 6.21 Å². The maximum atomic E-state index is 9.31. The van der Waals surface area contributed by atoms with Crippen LogP contribution in [0.5, 0.6) is 5.75 Å². The summed E-state index contributed by atoms with van der Waals surface area (Å²) in [4.78, 5) is 4.57. The van der Waals surface area contributed by atoms with Crippen molar-refractivity contribution in [3.8, 4) is 11.8 Å². The Kier molecular flexibility index (Phi) is 5.23. The topological polar surface area (TPSA) is 99.6 Å². The summed E-state index contributed by atoms with van der Waals surface area (Å²) < 4.78 is 8.17. The van der Waals surface area contributed by atoms with Crippen molar-refractivity contribution < 1.29 is 4.74 Å². The lowest BCUT2D eigenvalue weighted by Crippen LogP contribution is -2.19. The molecule has 0 fully saturated rings. The van der Waals surface area contributed by atoms with Gasteiger partial charge in [0.15, 0.2) is 0 Å². The van der Waals surface area contributed by atoms with E-state index < -0.39 is 0 Å². The summed E-state index contributed by atoms with van der Waals surface area (Å²) >= 11 is 0. The van der Waals surface area contributed by atoms with Crippen molar-refractivity contribution in [1.29, 1.82) is 10.7 Å². The minimum absolute atomic E-state index is 0.157. The molecule has 1 unspecified atom stereocenters. The third-order valence-electron chi connectivity index (χ3n) is 5.57. The second-order valence-corrected chi connectivity index (χ2v) is 7.65. The molecule has 1 aromatic carbocycles. The van der Waals surface area contributed by atoms with Crippen LogP contribution in [-0.2, 0) is 13.5 Å². The van der Waals surface area contributed by atoms with E-state index in [2.05, 4.69) is 21.5 Å². The van der Waals surface area contributed by atoms with Gasteiger partial charge in [0.25, 0.3) is 0 Å². The highest BCUT2D eigenvalue weighted by molar-refractivity contribution is 5.88. The lowest BCUT2D eigenvalue weighted by molar-refractivity contribution is 0.177. The Morgan fingerprint density at radius 2 is 2.17 bits per heavy atom. The van der Waals surface area contributed by atoms with Crippen LogP contribution in [0.25, 0.3) is 0 Å². The van der Waals surface area contributed by atoms with Crippen molar-refractivity contribution in [2.24, 2.45) is 7.05 Å². The first-order valence-electron chi connectivity index (χ1n) is 9.96. The molecule has 1 atom stereocenters. The van der Waals surface area contributed by atoms with Crippen molar-refractivity contribution >= 4 is 17.6 Å². The molecule has 2 heterocycles. The quantitative estimate of drug-likeness (QED) is 0.614. The minimum atomic E-state index is -0.157. The lowest BCUT2D eigenvalue weighted by atomic mass is 9.89. The van der Waals surface area contributed by atoms with Gasteiger partial charge in [0.1, 0.15) is 17.9 Å². The van der Waals surface area contributed by atoms with Crippen molar-refractivity contribution in [1.82, 2.24) is 14.8 Å². The number of aryl methyl sites for hydroxylation is 2. The summed E-state index contributed by atoms with van der Waals surface area (Å²) in [7, 11) is 1.86. The molecule has 0 radical (unpaired) electrons. The largest absolute Gasteiger partial charge is 0.484 e. The maximum Gasteiger partial charge on any atom is 0.141 e. The number of pyridine rings is 1. The molecule has 1 aliphatic carbocycles. The number of ether oxygens (including phenoxy) is 1. The van der Waals surface area contributed by atoms with E-state index in [-0.39, 0.29) is 6.10 Å². The van der Waals surface area contributed by atoms with E-state index in [1.54, 1.807) is 17.1 Å². The van der Waals surface area contributed by atoms with Gasteiger partial charge in [-0.05, 0) is 55.9 Å². The molecule has 4 rings (SSSR count). The number of nitrogens with zero attached hydrogens (tertiary/aromatic N) is 4. The van der Waals surface area contributed by atoms with Crippen LogP contribution >= 0.6 is 0 Å². The number of hydrogen-bond donors (Lipinski definition) is 2. The molecule has 0 saturated carbocycles. The van der Waals surface area contributed by atoms with Crippen LogP contribution in [0.3, 0.4) is 0 Å². The lowest BCUT2D eigenvalue weighted by Gasteiger charge is -2.27. The van der Waals surface area contributed by atoms with Gasteiger partial charge in [-0.25, -0.2) is 0 Å². The van der Waals surface area contributed by atoms with E-state index in [4.69, 9.17) is 10.1 Å². The fourth-order valence-electron chi connectivity index (χ4n) is 3.94. The minimum Gasteiger partial charge on any atom is -0.484 e. The number of fused-ring (bicyclic) bond motifs is 1. The molecule has 1 aliphatic rings. The summed E-state index contributed by atoms with van der Waals surface area (Å²) in [5.41, 5.74) is 7.07. The average Bonchev–Trinajstić information content (AvgIpc) is 3.15. The van der Waals surface area contributed by atoms with E-state index in [1.807, 2.05) is 39.2 Å². The fraction of sp³-hybridized carbons (Fsp3) is 0.304. The van der Waals surface area contributed by atoms with Crippen molar-refractivity contribution in [2.75, 3.05) is 5.32 Å². The van der Waals surface area contributed by atoms with Gasteiger partial charge in [-0.2, -0.15) is 10.4 Å². The van der Waals surface area contributed by atoms with Gasteiger partial charge in [-0.3, -0.25) is 9.67 Å². The second-order valence-electron chi connectivity index (χ2n) is 7.65. The molecule has 0 saturated heterocycles. The van der Waals surface area contributed by atoms with Crippen LogP contribution in [0.2, 0.25) is 0 Å².